The summed E-state index contributed by atoms with van der Waals surface area (Å²) >= 11 is 0. The minimum Gasteiger partial charge on any atom is -0.393 e. The second kappa shape index (κ2) is 4.74. The first-order chi connectivity index (χ1) is 6.94. The average molecular weight is 213 g/mol. The highest BCUT2D eigenvalue weighted by atomic mass is 16.3. The van der Waals surface area contributed by atoms with Gasteiger partial charge < -0.3 is 15.5 Å². The van der Waals surface area contributed by atoms with Crippen LogP contribution in [-0.4, -0.2) is 38.7 Å². The summed E-state index contributed by atoms with van der Waals surface area (Å²) < 4.78 is 1.73. The molecule has 1 heterocycles. The maximum absolute atomic E-state index is 9.59. The van der Waals surface area contributed by atoms with E-state index in [1.807, 2.05) is 20.2 Å². The molecule has 0 amide bonds. The zero-order chi connectivity index (χ0) is 11.5. The zero-order valence-electron chi connectivity index (χ0n) is 9.44. The normalized spacial score (nSPS) is 17.4. The van der Waals surface area contributed by atoms with E-state index in [-0.39, 0.29) is 12.6 Å². The summed E-state index contributed by atoms with van der Waals surface area (Å²) in [5.74, 6) is 0. The highest BCUT2D eigenvalue weighted by Crippen LogP contribution is 2.11. The van der Waals surface area contributed by atoms with E-state index < -0.39 is 5.60 Å². The average Bonchev–Trinajstić information content (AvgIpc) is 2.61. The first kappa shape index (κ1) is 12.2. The standard InChI is InChI=1S/C10H19N3O2/c1-8(9-4-12-13(3)5-9)11-6-10(2,15)7-14/h4-5,8,11,14-15H,6-7H2,1-3H3. The van der Waals surface area contributed by atoms with Crippen LogP contribution in [0.25, 0.3) is 0 Å². The van der Waals surface area contributed by atoms with Crippen molar-refractivity contribution in [2.24, 2.45) is 7.05 Å². The highest BCUT2D eigenvalue weighted by Gasteiger charge is 2.20. The topological polar surface area (TPSA) is 70.3 Å². The Morgan fingerprint density at radius 1 is 1.67 bits per heavy atom. The van der Waals surface area contributed by atoms with E-state index >= 15 is 0 Å². The van der Waals surface area contributed by atoms with Crippen molar-refractivity contribution in [1.29, 1.82) is 0 Å². The molecule has 0 aliphatic rings. The van der Waals surface area contributed by atoms with Crippen LogP contribution in [0.15, 0.2) is 12.4 Å². The number of aromatic nitrogens is 2. The van der Waals surface area contributed by atoms with Crippen molar-refractivity contribution < 1.29 is 10.2 Å². The largest absolute Gasteiger partial charge is 0.393 e. The van der Waals surface area contributed by atoms with Gasteiger partial charge in [0.05, 0.1) is 18.4 Å². The summed E-state index contributed by atoms with van der Waals surface area (Å²) in [5.41, 5.74) is -0.0116. The van der Waals surface area contributed by atoms with Gasteiger partial charge in [-0.1, -0.05) is 0 Å². The lowest BCUT2D eigenvalue weighted by molar-refractivity contribution is 0.00106. The number of nitrogens with one attached hydrogen (secondary N) is 1. The van der Waals surface area contributed by atoms with Gasteiger partial charge in [0.25, 0.3) is 0 Å². The Kier molecular flexibility index (Phi) is 3.84. The maximum Gasteiger partial charge on any atom is 0.0973 e. The van der Waals surface area contributed by atoms with Crippen LogP contribution in [0.1, 0.15) is 25.5 Å². The van der Waals surface area contributed by atoms with Crippen LogP contribution in [0.3, 0.4) is 0 Å². The molecule has 0 fully saturated rings. The third kappa shape index (κ3) is 3.62. The van der Waals surface area contributed by atoms with Crippen LogP contribution in [-0.2, 0) is 7.05 Å². The minimum absolute atomic E-state index is 0.108. The monoisotopic (exact) mass is 213 g/mol. The summed E-state index contributed by atoms with van der Waals surface area (Å²) in [6.45, 7) is 3.68. The van der Waals surface area contributed by atoms with Gasteiger partial charge in [-0.3, -0.25) is 4.68 Å². The summed E-state index contributed by atoms with van der Waals surface area (Å²) in [7, 11) is 1.86. The molecule has 0 spiro atoms. The van der Waals surface area contributed by atoms with E-state index in [0.29, 0.717) is 6.54 Å². The number of hydrogen-bond donors (Lipinski definition) is 3. The van der Waals surface area contributed by atoms with E-state index in [9.17, 15) is 5.11 Å². The van der Waals surface area contributed by atoms with Crippen LogP contribution < -0.4 is 5.32 Å². The molecule has 5 heteroatoms. The fraction of sp³-hybridized carbons (Fsp3) is 0.700. The molecule has 0 bridgehead atoms. The van der Waals surface area contributed by atoms with E-state index in [1.165, 1.54) is 0 Å². The molecule has 15 heavy (non-hydrogen) atoms. The van der Waals surface area contributed by atoms with E-state index in [4.69, 9.17) is 5.11 Å². The predicted octanol–water partition coefficient (Wildman–Crippen LogP) is -0.186. The Morgan fingerprint density at radius 3 is 2.80 bits per heavy atom. The molecule has 0 radical (unpaired) electrons. The van der Waals surface area contributed by atoms with Gasteiger partial charge in [-0.15, -0.1) is 0 Å². The van der Waals surface area contributed by atoms with Crippen molar-refractivity contribution in [2.75, 3.05) is 13.2 Å². The van der Waals surface area contributed by atoms with E-state index in [2.05, 4.69) is 10.4 Å². The molecule has 0 aliphatic carbocycles. The first-order valence-corrected chi connectivity index (χ1v) is 5.00. The smallest absolute Gasteiger partial charge is 0.0973 e. The Hall–Kier alpha value is -0.910. The third-order valence-electron chi connectivity index (χ3n) is 2.35. The fourth-order valence-corrected chi connectivity index (χ4v) is 1.21. The molecule has 0 saturated carbocycles. The van der Waals surface area contributed by atoms with Crippen LogP contribution in [0.5, 0.6) is 0 Å². The molecule has 5 nitrogen and oxygen atoms in total. The van der Waals surface area contributed by atoms with Crippen molar-refractivity contribution >= 4 is 0 Å². The van der Waals surface area contributed by atoms with Crippen LogP contribution in [0.2, 0.25) is 0 Å². The second-order valence-corrected chi connectivity index (χ2v) is 4.20. The zero-order valence-corrected chi connectivity index (χ0v) is 9.44. The van der Waals surface area contributed by atoms with Gasteiger partial charge in [0, 0.05) is 31.4 Å². The van der Waals surface area contributed by atoms with Gasteiger partial charge in [0.2, 0.25) is 0 Å². The third-order valence-corrected chi connectivity index (χ3v) is 2.35. The number of aliphatic hydroxyl groups is 2. The Morgan fingerprint density at radius 2 is 2.33 bits per heavy atom. The number of aliphatic hydroxyl groups excluding tert-OH is 1. The van der Waals surface area contributed by atoms with Gasteiger partial charge in [0.15, 0.2) is 0 Å². The molecule has 1 aromatic heterocycles. The van der Waals surface area contributed by atoms with E-state index in [1.54, 1.807) is 17.8 Å². The summed E-state index contributed by atoms with van der Waals surface area (Å²) in [4.78, 5) is 0. The summed E-state index contributed by atoms with van der Waals surface area (Å²) in [6.07, 6.45) is 3.71. The first-order valence-electron chi connectivity index (χ1n) is 5.00. The molecule has 1 rings (SSSR count). The molecule has 3 N–H and O–H groups in total. The van der Waals surface area contributed by atoms with Crippen molar-refractivity contribution in [2.45, 2.75) is 25.5 Å². The molecule has 2 unspecified atom stereocenters. The number of nitrogens with zero attached hydrogens (tertiary/aromatic N) is 2. The molecule has 0 aliphatic heterocycles. The van der Waals surface area contributed by atoms with Crippen molar-refractivity contribution in [3.8, 4) is 0 Å². The van der Waals surface area contributed by atoms with E-state index in [0.717, 1.165) is 5.56 Å². The van der Waals surface area contributed by atoms with Crippen molar-refractivity contribution in [1.82, 2.24) is 15.1 Å². The number of aryl methyl sites for hydroxylation is 1. The molecular formula is C10H19N3O2. The molecule has 0 saturated heterocycles. The maximum atomic E-state index is 9.59. The minimum atomic E-state index is -1.07. The fourth-order valence-electron chi connectivity index (χ4n) is 1.21. The number of rotatable bonds is 5. The quantitative estimate of drug-likeness (QED) is 0.634. The van der Waals surface area contributed by atoms with Crippen molar-refractivity contribution in [3.63, 3.8) is 0 Å². The Bertz CT molecular complexity index is 309. The van der Waals surface area contributed by atoms with Gasteiger partial charge in [-0.25, -0.2) is 0 Å². The number of hydrogen-bond acceptors (Lipinski definition) is 4. The summed E-state index contributed by atoms with van der Waals surface area (Å²) in [6, 6.07) is 0.108. The molecule has 0 aromatic carbocycles. The molecule has 1 aromatic rings. The van der Waals surface area contributed by atoms with Gasteiger partial charge in [-0.05, 0) is 13.8 Å². The Balaban J connectivity index is 2.46. The van der Waals surface area contributed by atoms with Gasteiger partial charge in [-0.2, -0.15) is 5.10 Å². The Labute approximate surface area is 89.7 Å². The van der Waals surface area contributed by atoms with Gasteiger partial charge in [0.1, 0.15) is 0 Å². The van der Waals surface area contributed by atoms with Gasteiger partial charge >= 0.3 is 0 Å². The predicted molar refractivity (Wildman–Crippen MR) is 57.3 cm³/mol. The SMILES string of the molecule is CC(NCC(C)(O)CO)c1cnn(C)c1. The highest BCUT2D eigenvalue weighted by molar-refractivity contribution is 5.09. The van der Waals surface area contributed by atoms with Crippen LogP contribution in [0, 0.1) is 0 Å². The molecular weight excluding hydrogens is 194 g/mol. The summed E-state index contributed by atoms with van der Waals surface area (Å²) in [5, 5.41) is 25.7. The second-order valence-electron chi connectivity index (χ2n) is 4.20. The lowest BCUT2D eigenvalue weighted by atomic mass is 10.1. The lowest BCUT2D eigenvalue weighted by Gasteiger charge is -2.23. The van der Waals surface area contributed by atoms with Crippen molar-refractivity contribution in [3.05, 3.63) is 18.0 Å². The molecule has 86 valence electrons. The molecule has 2 atom stereocenters. The lowest BCUT2D eigenvalue weighted by Crippen LogP contribution is -2.41. The van der Waals surface area contributed by atoms with Crippen LogP contribution >= 0.6 is 0 Å². The van der Waals surface area contributed by atoms with Crippen LogP contribution in [0.4, 0.5) is 0 Å².